The Hall–Kier alpha value is -3.91. The molecule has 7 rings (SSSR count). The van der Waals surface area contributed by atoms with E-state index in [-0.39, 0.29) is 41.0 Å². The van der Waals surface area contributed by atoms with Crippen molar-refractivity contribution in [3.05, 3.63) is 69.5 Å². The molecule has 1 N–H and O–H groups in total. The molecule has 1 aromatic rings. The zero-order valence-corrected chi connectivity index (χ0v) is 28.0. The molecule has 0 radical (unpaired) electrons. The third-order valence-electron chi connectivity index (χ3n) is 10.4. The number of ether oxygens (including phenoxy) is 4. The van der Waals surface area contributed by atoms with E-state index in [1.54, 1.807) is 19.1 Å². The van der Waals surface area contributed by atoms with E-state index in [4.69, 9.17) is 18.9 Å². The van der Waals surface area contributed by atoms with Gasteiger partial charge < -0.3 is 24.1 Å². The van der Waals surface area contributed by atoms with Gasteiger partial charge in [-0.2, -0.15) is 0 Å². The quantitative estimate of drug-likeness (QED) is 0.173. The van der Waals surface area contributed by atoms with Crippen LogP contribution in [0.2, 0.25) is 0 Å². The molecule has 3 aliphatic heterocycles. The number of aromatic hydroxyl groups is 1. The maximum absolute atomic E-state index is 14.7. The highest BCUT2D eigenvalue weighted by Crippen LogP contribution is 2.68. The molecular weight excluding hydrogens is 584 g/mol. The van der Waals surface area contributed by atoms with E-state index < -0.39 is 28.3 Å². The first-order chi connectivity index (χ1) is 21.6. The van der Waals surface area contributed by atoms with E-state index in [2.05, 4.69) is 19.9 Å². The van der Waals surface area contributed by atoms with Crippen LogP contribution in [-0.4, -0.2) is 45.5 Å². The predicted molar refractivity (Wildman–Crippen MR) is 174 cm³/mol. The van der Waals surface area contributed by atoms with Gasteiger partial charge in [-0.15, -0.1) is 0 Å². The summed E-state index contributed by atoms with van der Waals surface area (Å²) >= 11 is 0. The van der Waals surface area contributed by atoms with Gasteiger partial charge in [0, 0.05) is 29.4 Å². The Morgan fingerprint density at radius 2 is 1.74 bits per heavy atom. The fourth-order valence-corrected chi connectivity index (χ4v) is 8.20. The van der Waals surface area contributed by atoms with Crippen LogP contribution in [0.1, 0.15) is 103 Å². The number of carbonyl (C=O) groups is 3. The van der Waals surface area contributed by atoms with Gasteiger partial charge in [-0.3, -0.25) is 14.4 Å². The lowest BCUT2D eigenvalue weighted by atomic mass is 9.51. The molecule has 0 amide bonds. The number of fused-ring (bicyclic) bond motifs is 2. The highest BCUT2D eigenvalue weighted by atomic mass is 16.6. The summed E-state index contributed by atoms with van der Waals surface area (Å²) < 4.78 is 25.7. The van der Waals surface area contributed by atoms with Crippen LogP contribution in [0.15, 0.2) is 52.9 Å². The normalized spacial score (nSPS) is 31.1. The van der Waals surface area contributed by atoms with Crippen LogP contribution >= 0.6 is 0 Å². The third kappa shape index (κ3) is 4.55. The molecule has 8 nitrogen and oxygen atoms in total. The van der Waals surface area contributed by atoms with Crippen molar-refractivity contribution in [3.8, 4) is 17.2 Å². The molecule has 6 aliphatic rings. The molecule has 46 heavy (non-hydrogen) atoms. The predicted octanol–water partition coefficient (Wildman–Crippen LogP) is 7.29. The van der Waals surface area contributed by atoms with Crippen molar-refractivity contribution in [2.45, 2.75) is 110 Å². The Kier molecular flexibility index (Phi) is 7.54. The van der Waals surface area contributed by atoms with Gasteiger partial charge in [0.25, 0.3) is 6.47 Å². The van der Waals surface area contributed by atoms with Gasteiger partial charge in [-0.1, -0.05) is 29.4 Å². The molecule has 2 fully saturated rings. The Labute approximate surface area is 270 Å². The molecule has 1 spiro atoms. The number of rotatable bonds is 9. The topological polar surface area (TPSA) is 108 Å². The minimum atomic E-state index is -1.55. The average Bonchev–Trinajstić information content (AvgIpc) is 3.12. The smallest absolute Gasteiger partial charge is 0.298 e. The molecule has 3 aliphatic carbocycles. The Balaban J connectivity index is 1.58. The molecule has 4 bridgehead atoms. The second-order valence-electron chi connectivity index (χ2n) is 14.6. The highest BCUT2D eigenvalue weighted by Gasteiger charge is 2.81. The number of Topliss-reactive ketones (excluding diaryl/α,β-unsaturated/α-hetero) is 2. The Morgan fingerprint density at radius 3 is 2.41 bits per heavy atom. The third-order valence-corrected chi connectivity index (χ3v) is 10.4. The second kappa shape index (κ2) is 10.8. The summed E-state index contributed by atoms with van der Waals surface area (Å²) in [7, 11) is 0. The van der Waals surface area contributed by atoms with Crippen LogP contribution in [0.5, 0.6) is 17.2 Å². The van der Waals surface area contributed by atoms with Gasteiger partial charge in [-0.05, 0) is 99.3 Å². The number of hydrogen-bond acceptors (Lipinski definition) is 8. The number of carbonyl (C=O) groups excluding carboxylic acids is 3. The Morgan fingerprint density at radius 1 is 1.02 bits per heavy atom. The summed E-state index contributed by atoms with van der Waals surface area (Å²) in [6.45, 7) is 16.0. The molecule has 5 atom stereocenters. The molecule has 1 saturated heterocycles. The van der Waals surface area contributed by atoms with Crippen molar-refractivity contribution in [1.82, 2.24) is 0 Å². The molecule has 1 aromatic carbocycles. The van der Waals surface area contributed by atoms with E-state index in [9.17, 15) is 19.5 Å². The van der Waals surface area contributed by atoms with Crippen molar-refractivity contribution in [2.24, 2.45) is 11.8 Å². The number of hydrogen-bond donors (Lipinski definition) is 1. The minimum absolute atomic E-state index is 0.0454. The lowest BCUT2D eigenvalue weighted by molar-refractivity contribution is -0.171. The van der Waals surface area contributed by atoms with Gasteiger partial charge in [-0.25, -0.2) is 0 Å². The summed E-state index contributed by atoms with van der Waals surface area (Å²) in [6.07, 6.45) is 13.8. The van der Waals surface area contributed by atoms with E-state index in [0.29, 0.717) is 53.9 Å². The largest absolute Gasteiger partial charge is 0.506 e. The van der Waals surface area contributed by atoms with E-state index in [0.717, 1.165) is 12.0 Å². The van der Waals surface area contributed by atoms with Crippen molar-refractivity contribution < 1.29 is 38.4 Å². The summed E-state index contributed by atoms with van der Waals surface area (Å²) in [5, 5.41) is 11.8. The van der Waals surface area contributed by atoms with Gasteiger partial charge in [0.05, 0.1) is 11.2 Å². The molecule has 0 aromatic heterocycles. The molecule has 2 unspecified atom stereocenters. The summed E-state index contributed by atoms with van der Waals surface area (Å²) in [5.74, 6) is -0.605. The van der Waals surface area contributed by atoms with E-state index in [1.165, 1.54) is 5.57 Å². The molecule has 244 valence electrons. The van der Waals surface area contributed by atoms with Gasteiger partial charge >= 0.3 is 0 Å². The number of phenolic OH excluding ortho intramolecular Hbond substituents is 1. The summed E-state index contributed by atoms with van der Waals surface area (Å²) in [6, 6.07) is 0. The van der Waals surface area contributed by atoms with Crippen LogP contribution in [0.25, 0.3) is 6.08 Å². The maximum atomic E-state index is 14.7. The van der Waals surface area contributed by atoms with Crippen molar-refractivity contribution in [1.29, 1.82) is 0 Å². The van der Waals surface area contributed by atoms with Crippen LogP contribution in [-0.2, 0) is 25.5 Å². The summed E-state index contributed by atoms with van der Waals surface area (Å²) in [4.78, 5) is 40.1. The van der Waals surface area contributed by atoms with E-state index >= 15 is 0 Å². The zero-order valence-electron chi connectivity index (χ0n) is 28.0. The first-order valence-corrected chi connectivity index (χ1v) is 16.1. The lowest BCUT2D eigenvalue weighted by Crippen LogP contribution is -2.72. The standard InChI is InChI=1S/C38H44O8/c1-21(2)10-9-15-36(8)16-14-25-30(40)29-31(41)27-18-24-19-28-35(6,7)46-37(34(24)42,17-13-23(5)43-20-39)38(27,28)45-33(29)26(32(25)44-36)12-11-22(3)4/h10-11,13-14,16,18,20,24,28,40H,9,12,15,17,19H2,1-8H3/t24-,28?,36-,37?,38-/m1/s1. The minimum Gasteiger partial charge on any atom is -0.506 e. The SMILES string of the molecule is CC(C)=CCC[C@]1(C)C=Cc2c(O)c3c(c(CC=C(C)C)c2O1)O[C@]12C(=C[C@@H]4CC1C(C)(C)OC2(CC=C(C)OC=O)C4=O)C3=O. The number of ketones is 2. The number of allylic oxidation sites excluding steroid dienone is 6. The average molecular weight is 629 g/mol. The number of benzene rings is 1. The van der Waals surface area contributed by atoms with Crippen LogP contribution in [0.4, 0.5) is 0 Å². The monoisotopic (exact) mass is 628 g/mol. The van der Waals surface area contributed by atoms with Crippen LogP contribution in [0, 0.1) is 11.8 Å². The highest BCUT2D eigenvalue weighted by molar-refractivity contribution is 6.19. The molecule has 3 heterocycles. The van der Waals surface area contributed by atoms with Crippen LogP contribution in [0.3, 0.4) is 0 Å². The fourth-order valence-electron chi connectivity index (χ4n) is 8.20. The van der Waals surface area contributed by atoms with Gasteiger partial charge in [0.15, 0.2) is 22.8 Å². The first kappa shape index (κ1) is 32.0. The van der Waals surface area contributed by atoms with Crippen molar-refractivity contribution >= 4 is 24.1 Å². The molecular formula is C38H44O8. The molecule has 8 heteroatoms. The van der Waals surface area contributed by atoms with Gasteiger partial charge in [0.1, 0.15) is 34.2 Å². The fraction of sp³-hybridized carbons (Fsp3) is 0.500. The van der Waals surface area contributed by atoms with Crippen molar-refractivity contribution in [3.63, 3.8) is 0 Å². The molecule has 1 saturated carbocycles. The van der Waals surface area contributed by atoms with Crippen molar-refractivity contribution in [2.75, 3.05) is 0 Å². The number of phenols is 1. The second-order valence-corrected chi connectivity index (χ2v) is 14.6. The Bertz CT molecular complexity index is 1690. The van der Waals surface area contributed by atoms with Crippen LogP contribution < -0.4 is 9.47 Å². The zero-order chi connectivity index (χ0) is 33.4. The van der Waals surface area contributed by atoms with E-state index in [1.807, 2.05) is 52.8 Å². The maximum Gasteiger partial charge on any atom is 0.298 e. The lowest BCUT2D eigenvalue weighted by Gasteiger charge is -2.56. The summed E-state index contributed by atoms with van der Waals surface area (Å²) in [5.41, 5.74) is -0.687. The first-order valence-electron chi connectivity index (χ1n) is 16.1. The van der Waals surface area contributed by atoms with Gasteiger partial charge in [0.2, 0.25) is 0 Å².